The zero-order chi connectivity index (χ0) is 19.8. The quantitative estimate of drug-likeness (QED) is 0.619. The molecule has 3 N–H and O–H groups in total. The van der Waals surface area contributed by atoms with Gasteiger partial charge in [-0.2, -0.15) is 0 Å². The van der Waals surface area contributed by atoms with Crippen LogP contribution < -0.4 is 20.5 Å². The SMILES string of the molecule is COc1cc(CNC2CCN(CCN(C)C)CC2)cc(Cl)c1OCC(N)=O. The van der Waals surface area contributed by atoms with Gasteiger partial charge in [-0.25, -0.2) is 0 Å². The molecule has 7 nitrogen and oxygen atoms in total. The third-order valence-electron chi connectivity index (χ3n) is 4.69. The van der Waals surface area contributed by atoms with E-state index in [1.165, 1.54) is 0 Å². The van der Waals surface area contributed by atoms with Gasteiger partial charge in [0.25, 0.3) is 5.91 Å². The minimum Gasteiger partial charge on any atom is -0.493 e. The average molecular weight is 399 g/mol. The minimum atomic E-state index is -0.559. The number of piperidine rings is 1. The topological polar surface area (TPSA) is 80.1 Å². The number of carbonyl (C=O) groups is 1. The number of likely N-dealkylation sites (tertiary alicyclic amines) is 1. The summed E-state index contributed by atoms with van der Waals surface area (Å²) in [5, 5.41) is 4.01. The Hall–Kier alpha value is -1.54. The summed E-state index contributed by atoms with van der Waals surface area (Å²) in [5.41, 5.74) is 6.13. The molecule has 1 aliphatic rings. The van der Waals surface area contributed by atoms with Gasteiger partial charge in [-0.3, -0.25) is 4.79 Å². The van der Waals surface area contributed by atoms with Crippen LogP contribution in [0.2, 0.25) is 5.02 Å². The monoisotopic (exact) mass is 398 g/mol. The molecule has 152 valence electrons. The fraction of sp³-hybridized carbons (Fsp3) is 0.632. The Morgan fingerprint density at radius 2 is 2.07 bits per heavy atom. The van der Waals surface area contributed by atoms with Crippen LogP contribution >= 0.6 is 11.6 Å². The molecule has 0 aromatic heterocycles. The van der Waals surface area contributed by atoms with Crippen LogP contribution in [0.5, 0.6) is 11.5 Å². The molecule has 1 aromatic rings. The van der Waals surface area contributed by atoms with Crippen molar-refractivity contribution in [1.82, 2.24) is 15.1 Å². The van der Waals surface area contributed by atoms with E-state index in [9.17, 15) is 4.79 Å². The first-order valence-electron chi connectivity index (χ1n) is 9.27. The second-order valence-electron chi connectivity index (χ2n) is 7.16. The molecule has 1 aliphatic heterocycles. The third-order valence-corrected chi connectivity index (χ3v) is 4.97. The first kappa shape index (κ1) is 21.8. The van der Waals surface area contributed by atoms with Crippen LogP contribution in [0.4, 0.5) is 0 Å². The fourth-order valence-electron chi connectivity index (χ4n) is 3.12. The molecule has 0 aliphatic carbocycles. The average Bonchev–Trinajstić information content (AvgIpc) is 2.64. The van der Waals surface area contributed by atoms with Crippen LogP contribution in [0.25, 0.3) is 0 Å². The predicted octanol–water partition coefficient (Wildman–Crippen LogP) is 1.33. The van der Waals surface area contributed by atoms with E-state index in [2.05, 4.69) is 29.2 Å². The number of likely N-dealkylation sites (N-methyl/N-ethyl adjacent to an activating group) is 1. The molecule has 0 unspecified atom stereocenters. The Kier molecular flexibility index (Phi) is 8.63. The number of hydrogen-bond acceptors (Lipinski definition) is 6. The molecular weight excluding hydrogens is 368 g/mol. The molecule has 1 aromatic carbocycles. The molecule has 0 radical (unpaired) electrons. The molecule has 1 fully saturated rings. The summed E-state index contributed by atoms with van der Waals surface area (Å²) >= 11 is 6.30. The number of carbonyl (C=O) groups excluding carboxylic acids is 1. The molecule has 0 saturated carbocycles. The lowest BCUT2D eigenvalue weighted by molar-refractivity contribution is -0.119. The van der Waals surface area contributed by atoms with E-state index in [0.717, 1.165) is 44.6 Å². The predicted molar refractivity (Wildman–Crippen MR) is 108 cm³/mol. The number of nitrogens with zero attached hydrogens (tertiary/aromatic N) is 2. The molecule has 0 bridgehead atoms. The molecular formula is C19H31ClN4O3. The molecule has 0 spiro atoms. The Labute approximate surface area is 166 Å². The number of nitrogens with two attached hydrogens (primary N) is 1. The number of benzene rings is 1. The number of rotatable bonds is 10. The lowest BCUT2D eigenvalue weighted by Gasteiger charge is -2.33. The van der Waals surface area contributed by atoms with Gasteiger partial charge in [-0.1, -0.05) is 11.6 Å². The zero-order valence-electron chi connectivity index (χ0n) is 16.5. The molecule has 8 heteroatoms. The van der Waals surface area contributed by atoms with Gasteiger partial charge in [0.05, 0.1) is 12.1 Å². The summed E-state index contributed by atoms with van der Waals surface area (Å²) in [7, 11) is 5.76. The first-order chi connectivity index (χ1) is 12.9. The lowest BCUT2D eigenvalue weighted by Crippen LogP contribution is -2.44. The van der Waals surface area contributed by atoms with E-state index in [4.69, 9.17) is 26.8 Å². The maximum absolute atomic E-state index is 10.9. The van der Waals surface area contributed by atoms with Crippen LogP contribution in [-0.4, -0.2) is 75.7 Å². The Balaban J connectivity index is 1.85. The van der Waals surface area contributed by atoms with Crippen molar-refractivity contribution in [1.29, 1.82) is 0 Å². The number of primary amides is 1. The zero-order valence-corrected chi connectivity index (χ0v) is 17.2. The maximum atomic E-state index is 10.9. The van der Waals surface area contributed by atoms with Crippen molar-refractivity contribution in [3.8, 4) is 11.5 Å². The summed E-state index contributed by atoms with van der Waals surface area (Å²) in [6, 6.07) is 4.21. The van der Waals surface area contributed by atoms with Crippen LogP contribution in [0.15, 0.2) is 12.1 Å². The van der Waals surface area contributed by atoms with Crippen LogP contribution in [0.3, 0.4) is 0 Å². The van der Waals surface area contributed by atoms with Gasteiger partial charge in [-0.05, 0) is 57.7 Å². The molecule has 2 rings (SSSR count). The smallest absolute Gasteiger partial charge is 0.255 e. The molecule has 1 saturated heterocycles. The highest BCUT2D eigenvalue weighted by atomic mass is 35.5. The van der Waals surface area contributed by atoms with E-state index in [1.54, 1.807) is 7.11 Å². The van der Waals surface area contributed by atoms with Gasteiger partial charge >= 0.3 is 0 Å². The van der Waals surface area contributed by atoms with Crippen molar-refractivity contribution in [2.45, 2.75) is 25.4 Å². The van der Waals surface area contributed by atoms with Crippen LogP contribution in [-0.2, 0) is 11.3 Å². The Morgan fingerprint density at radius 3 is 2.67 bits per heavy atom. The van der Waals surface area contributed by atoms with E-state index < -0.39 is 5.91 Å². The van der Waals surface area contributed by atoms with Gasteiger partial charge in [0.2, 0.25) is 0 Å². The van der Waals surface area contributed by atoms with E-state index in [1.807, 2.05) is 12.1 Å². The van der Waals surface area contributed by atoms with Crippen molar-refractivity contribution in [2.24, 2.45) is 5.73 Å². The minimum absolute atomic E-state index is 0.236. The highest BCUT2D eigenvalue weighted by Gasteiger charge is 2.19. The first-order valence-corrected chi connectivity index (χ1v) is 9.64. The van der Waals surface area contributed by atoms with Gasteiger partial charge in [0.1, 0.15) is 0 Å². The number of hydrogen-bond donors (Lipinski definition) is 2. The number of nitrogens with one attached hydrogen (secondary N) is 1. The number of halogens is 1. The van der Waals surface area contributed by atoms with Gasteiger partial charge in [-0.15, -0.1) is 0 Å². The van der Waals surface area contributed by atoms with Crippen molar-refractivity contribution < 1.29 is 14.3 Å². The summed E-state index contributed by atoms with van der Waals surface area (Å²) in [4.78, 5) is 15.7. The molecule has 0 atom stereocenters. The van der Waals surface area contributed by atoms with Crippen molar-refractivity contribution in [2.75, 3.05) is 54.0 Å². The standard InChI is InChI=1S/C19H31ClN4O3/c1-23(2)8-9-24-6-4-15(5-7-24)22-12-14-10-16(20)19(17(11-14)26-3)27-13-18(21)25/h10-11,15,22H,4-9,12-13H2,1-3H3,(H2,21,25). The lowest BCUT2D eigenvalue weighted by atomic mass is 10.0. The molecule has 1 amide bonds. The number of ether oxygens (including phenoxy) is 2. The second kappa shape index (κ2) is 10.7. The van der Waals surface area contributed by atoms with Gasteiger partial charge in [0, 0.05) is 25.7 Å². The Bertz CT molecular complexity index is 619. The number of amides is 1. The van der Waals surface area contributed by atoms with Crippen molar-refractivity contribution in [3.63, 3.8) is 0 Å². The van der Waals surface area contributed by atoms with Gasteiger partial charge in [0.15, 0.2) is 18.1 Å². The fourth-order valence-corrected chi connectivity index (χ4v) is 3.41. The van der Waals surface area contributed by atoms with Crippen LogP contribution in [0.1, 0.15) is 18.4 Å². The summed E-state index contributed by atoms with van der Waals surface area (Å²) in [5.74, 6) is 0.283. The highest BCUT2D eigenvalue weighted by molar-refractivity contribution is 6.32. The van der Waals surface area contributed by atoms with E-state index >= 15 is 0 Å². The van der Waals surface area contributed by atoms with Crippen molar-refractivity contribution in [3.05, 3.63) is 22.7 Å². The summed E-state index contributed by atoms with van der Waals surface area (Å²) in [6.45, 7) is 4.93. The molecule has 1 heterocycles. The van der Waals surface area contributed by atoms with Crippen LogP contribution in [0, 0.1) is 0 Å². The van der Waals surface area contributed by atoms with E-state index in [0.29, 0.717) is 29.1 Å². The summed E-state index contributed by atoms with van der Waals surface area (Å²) < 4.78 is 10.7. The normalized spacial score (nSPS) is 15.9. The van der Waals surface area contributed by atoms with Crippen molar-refractivity contribution >= 4 is 17.5 Å². The van der Waals surface area contributed by atoms with Gasteiger partial charge < -0.3 is 30.3 Å². The third kappa shape index (κ3) is 7.18. The Morgan fingerprint density at radius 1 is 1.37 bits per heavy atom. The largest absolute Gasteiger partial charge is 0.493 e. The van der Waals surface area contributed by atoms with E-state index in [-0.39, 0.29) is 6.61 Å². The highest BCUT2D eigenvalue weighted by Crippen LogP contribution is 2.36. The molecule has 27 heavy (non-hydrogen) atoms. The second-order valence-corrected chi connectivity index (χ2v) is 7.57. The maximum Gasteiger partial charge on any atom is 0.255 e. The number of methoxy groups -OCH3 is 1. The summed E-state index contributed by atoms with van der Waals surface area (Å²) in [6.07, 6.45) is 2.27.